The maximum absolute atomic E-state index is 3.25. The lowest BCUT2D eigenvalue weighted by atomic mass is 10.0. The van der Waals surface area contributed by atoms with Crippen molar-refractivity contribution in [2.45, 2.75) is 33.2 Å². The fourth-order valence-electron chi connectivity index (χ4n) is 1.59. The summed E-state index contributed by atoms with van der Waals surface area (Å²) in [5.41, 5.74) is 4.14. The lowest BCUT2D eigenvalue weighted by Gasteiger charge is -2.11. The minimum atomic E-state index is 0.440. The van der Waals surface area contributed by atoms with Crippen molar-refractivity contribution in [2.75, 3.05) is 7.05 Å². The predicted octanol–water partition coefficient (Wildman–Crippen LogP) is 3.26. The van der Waals surface area contributed by atoms with Gasteiger partial charge in [0.25, 0.3) is 0 Å². The molecule has 0 bridgehead atoms. The van der Waals surface area contributed by atoms with Gasteiger partial charge >= 0.3 is 0 Å². The highest BCUT2D eigenvalue weighted by Crippen LogP contribution is 2.15. The highest BCUT2D eigenvalue weighted by atomic mass is 14.8. The van der Waals surface area contributed by atoms with Gasteiger partial charge < -0.3 is 5.32 Å². The van der Waals surface area contributed by atoms with Gasteiger partial charge in [0.05, 0.1) is 0 Å². The second kappa shape index (κ2) is 5.72. The van der Waals surface area contributed by atoms with Gasteiger partial charge in [0.1, 0.15) is 0 Å². The molecule has 1 atom stereocenters. The van der Waals surface area contributed by atoms with Crippen molar-refractivity contribution in [3.05, 3.63) is 41.0 Å². The molecule has 0 spiro atoms. The lowest BCUT2D eigenvalue weighted by Crippen LogP contribution is -2.22. The molecule has 0 radical (unpaired) electrons. The Morgan fingerprint density at radius 1 is 1.40 bits per heavy atom. The summed E-state index contributed by atoms with van der Waals surface area (Å²) in [6.45, 7) is 6.55. The minimum Gasteiger partial charge on any atom is -0.314 e. The largest absolute Gasteiger partial charge is 0.314 e. The zero-order chi connectivity index (χ0) is 11.3. The third-order valence-corrected chi connectivity index (χ3v) is 2.94. The van der Waals surface area contributed by atoms with Crippen LogP contribution in [0.1, 0.15) is 31.9 Å². The molecule has 1 aromatic carbocycles. The molecule has 0 aliphatic heterocycles. The van der Waals surface area contributed by atoms with Gasteiger partial charge in [0.2, 0.25) is 0 Å². The van der Waals surface area contributed by atoms with Gasteiger partial charge in [-0.25, -0.2) is 0 Å². The Labute approximate surface area is 93.2 Å². The zero-order valence-electron chi connectivity index (χ0n) is 10.2. The summed E-state index contributed by atoms with van der Waals surface area (Å²) in [5, 5.41) is 3.25. The standard InChI is InChI=1S/C14H21N/c1-5-13-8-6-7-9-14(13)10-11(2)12(3)15-4/h6-10,12,15H,5H2,1-4H3/b11-10-. The summed E-state index contributed by atoms with van der Waals surface area (Å²) in [4.78, 5) is 0. The van der Waals surface area contributed by atoms with E-state index in [0.717, 1.165) is 6.42 Å². The van der Waals surface area contributed by atoms with Gasteiger partial charge in [-0.3, -0.25) is 0 Å². The molecule has 0 saturated heterocycles. The summed E-state index contributed by atoms with van der Waals surface area (Å²) in [7, 11) is 1.99. The average Bonchev–Trinajstić information content (AvgIpc) is 2.28. The molecule has 0 aromatic heterocycles. The molecule has 0 saturated carbocycles. The van der Waals surface area contributed by atoms with Crippen LogP contribution in [0.4, 0.5) is 0 Å². The lowest BCUT2D eigenvalue weighted by molar-refractivity contribution is 0.696. The van der Waals surface area contributed by atoms with E-state index in [2.05, 4.69) is 56.4 Å². The Kier molecular flexibility index (Phi) is 4.57. The minimum absolute atomic E-state index is 0.440. The molecule has 15 heavy (non-hydrogen) atoms. The maximum Gasteiger partial charge on any atom is 0.0248 e. The van der Waals surface area contributed by atoms with E-state index in [1.165, 1.54) is 16.7 Å². The first kappa shape index (κ1) is 12.0. The van der Waals surface area contributed by atoms with Crippen molar-refractivity contribution in [1.29, 1.82) is 0 Å². The number of hydrogen-bond acceptors (Lipinski definition) is 1. The summed E-state index contributed by atoms with van der Waals surface area (Å²) in [6, 6.07) is 9.03. The third-order valence-electron chi connectivity index (χ3n) is 2.94. The highest BCUT2D eigenvalue weighted by Gasteiger charge is 2.02. The summed E-state index contributed by atoms with van der Waals surface area (Å²) < 4.78 is 0. The molecule has 0 fully saturated rings. The van der Waals surface area contributed by atoms with Gasteiger partial charge in [-0.05, 0) is 38.4 Å². The van der Waals surface area contributed by atoms with E-state index >= 15 is 0 Å². The Bertz CT molecular complexity index is 339. The van der Waals surface area contributed by atoms with Gasteiger partial charge in [-0.1, -0.05) is 42.8 Å². The quantitative estimate of drug-likeness (QED) is 0.792. The average molecular weight is 203 g/mol. The van der Waals surface area contributed by atoms with Gasteiger partial charge in [0, 0.05) is 6.04 Å². The molecule has 0 amide bonds. The first-order valence-electron chi connectivity index (χ1n) is 5.62. The molecular weight excluding hydrogens is 182 g/mol. The van der Waals surface area contributed by atoms with Crippen LogP contribution < -0.4 is 5.32 Å². The van der Waals surface area contributed by atoms with Crippen LogP contribution >= 0.6 is 0 Å². The number of aryl methyl sites for hydroxylation is 1. The van der Waals surface area contributed by atoms with Gasteiger partial charge in [-0.2, -0.15) is 0 Å². The first-order valence-corrected chi connectivity index (χ1v) is 5.62. The van der Waals surface area contributed by atoms with Crippen LogP contribution in [-0.2, 0) is 6.42 Å². The van der Waals surface area contributed by atoms with E-state index in [4.69, 9.17) is 0 Å². The second-order valence-corrected chi connectivity index (χ2v) is 3.95. The molecule has 1 N–H and O–H groups in total. The Morgan fingerprint density at radius 2 is 2.07 bits per heavy atom. The van der Waals surface area contributed by atoms with Crippen molar-refractivity contribution < 1.29 is 0 Å². The van der Waals surface area contributed by atoms with Crippen LogP contribution in [0, 0.1) is 0 Å². The van der Waals surface area contributed by atoms with E-state index in [1.54, 1.807) is 0 Å². The summed E-state index contributed by atoms with van der Waals surface area (Å²) in [5.74, 6) is 0. The van der Waals surface area contributed by atoms with Crippen LogP contribution in [-0.4, -0.2) is 13.1 Å². The topological polar surface area (TPSA) is 12.0 Å². The molecule has 0 heterocycles. The monoisotopic (exact) mass is 203 g/mol. The smallest absolute Gasteiger partial charge is 0.0248 e. The van der Waals surface area contributed by atoms with Crippen molar-refractivity contribution in [1.82, 2.24) is 5.32 Å². The number of rotatable bonds is 4. The third kappa shape index (κ3) is 3.21. The molecule has 0 aliphatic carbocycles. The van der Waals surface area contributed by atoms with Crippen LogP contribution in [0.3, 0.4) is 0 Å². The van der Waals surface area contributed by atoms with E-state index in [9.17, 15) is 0 Å². The maximum atomic E-state index is 3.25. The van der Waals surface area contributed by atoms with Crippen LogP contribution in [0.5, 0.6) is 0 Å². The summed E-state index contributed by atoms with van der Waals surface area (Å²) in [6.07, 6.45) is 3.37. The molecular formula is C14H21N. The van der Waals surface area contributed by atoms with E-state index < -0.39 is 0 Å². The number of nitrogens with one attached hydrogen (secondary N) is 1. The fraction of sp³-hybridized carbons (Fsp3) is 0.429. The SMILES string of the molecule is CCc1ccccc1/C=C(/C)C(C)NC. The molecule has 0 aliphatic rings. The number of likely N-dealkylation sites (N-methyl/N-ethyl adjacent to an activating group) is 1. The second-order valence-electron chi connectivity index (χ2n) is 3.95. The van der Waals surface area contributed by atoms with Crippen molar-refractivity contribution in [3.63, 3.8) is 0 Å². The Balaban J connectivity index is 2.96. The molecule has 1 rings (SSSR count). The Hall–Kier alpha value is -1.08. The van der Waals surface area contributed by atoms with Gasteiger partial charge in [0.15, 0.2) is 0 Å². The molecule has 1 aromatic rings. The highest BCUT2D eigenvalue weighted by molar-refractivity contribution is 5.57. The van der Waals surface area contributed by atoms with Crippen molar-refractivity contribution >= 4 is 6.08 Å². The molecule has 1 nitrogen and oxygen atoms in total. The Morgan fingerprint density at radius 3 is 2.67 bits per heavy atom. The molecule has 1 heteroatoms. The van der Waals surface area contributed by atoms with Crippen molar-refractivity contribution in [2.24, 2.45) is 0 Å². The van der Waals surface area contributed by atoms with E-state index in [1.807, 2.05) is 7.05 Å². The van der Waals surface area contributed by atoms with Crippen LogP contribution in [0.2, 0.25) is 0 Å². The van der Waals surface area contributed by atoms with Crippen LogP contribution in [0.25, 0.3) is 6.08 Å². The number of benzene rings is 1. The predicted molar refractivity (Wildman–Crippen MR) is 68.0 cm³/mol. The van der Waals surface area contributed by atoms with E-state index in [-0.39, 0.29) is 0 Å². The normalized spacial score (nSPS) is 14.0. The first-order chi connectivity index (χ1) is 7.19. The molecule has 82 valence electrons. The number of hydrogen-bond donors (Lipinski definition) is 1. The van der Waals surface area contributed by atoms with E-state index in [0.29, 0.717) is 6.04 Å². The molecule has 1 unspecified atom stereocenters. The van der Waals surface area contributed by atoms with Crippen LogP contribution in [0.15, 0.2) is 29.8 Å². The summed E-state index contributed by atoms with van der Waals surface area (Å²) >= 11 is 0. The van der Waals surface area contributed by atoms with Gasteiger partial charge in [-0.15, -0.1) is 0 Å². The van der Waals surface area contributed by atoms with Crippen molar-refractivity contribution in [3.8, 4) is 0 Å². The zero-order valence-corrected chi connectivity index (χ0v) is 10.2. The fourth-order valence-corrected chi connectivity index (χ4v) is 1.59.